The van der Waals surface area contributed by atoms with Crippen LogP contribution >= 0.6 is 0 Å². The molecule has 0 radical (unpaired) electrons. The van der Waals surface area contributed by atoms with Crippen LogP contribution in [0.5, 0.6) is 0 Å². The van der Waals surface area contributed by atoms with Gasteiger partial charge in [0.05, 0.1) is 12.1 Å². The van der Waals surface area contributed by atoms with E-state index in [0.29, 0.717) is 0 Å². The lowest BCUT2D eigenvalue weighted by Crippen LogP contribution is -2.52. The zero-order valence-electron chi connectivity index (χ0n) is 16.2. The van der Waals surface area contributed by atoms with Crippen LogP contribution < -0.4 is 0 Å². The Morgan fingerprint density at radius 1 is 0.704 bits per heavy atom. The summed E-state index contributed by atoms with van der Waals surface area (Å²) in [5.74, 6) is 0. The van der Waals surface area contributed by atoms with E-state index in [2.05, 4.69) is 40.1 Å². The predicted octanol–water partition coefficient (Wildman–Crippen LogP) is 4.41. The quantitative estimate of drug-likeness (QED) is 0.851. The molecule has 4 rings (SSSR count). The number of rotatable bonds is 5. The highest BCUT2D eigenvalue weighted by molar-refractivity contribution is 5.26. The van der Waals surface area contributed by atoms with Crippen molar-refractivity contribution < 1.29 is 5.11 Å². The second-order valence-electron chi connectivity index (χ2n) is 8.07. The molecule has 2 unspecified atom stereocenters. The van der Waals surface area contributed by atoms with Crippen LogP contribution in [0.4, 0.5) is 0 Å². The van der Waals surface area contributed by atoms with Gasteiger partial charge >= 0.3 is 0 Å². The van der Waals surface area contributed by atoms with E-state index in [-0.39, 0.29) is 6.04 Å². The van der Waals surface area contributed by atoms with Gasteiger partial charge in [-0.1, -0.05) is 79.9 Å². The van der Waals surface area contributed by atoms with Crippen LogP contribution in [0.3, 0.4) is 0 Å². The van der Waals surface area contributed by atoms with Gasteiger partial charge in [-0.3, -0.25) is 9.80 Å². The number of benzene rings is 2. The van der Waals surface area contributed by atoms with Gasteiger partial charge in [-0.25, -0.2) is 0 Å². The first-order chi connectivity index (χ1) is 13.3. The molecule has 0 spiro atoms. The van der Waals surface area contributed by atoms with Gasteiger partial charge in [0, 0.05) is 32.2 Å². The van der Waals surface area contributed by atoms with Crippen molar-refractivity contribution in [2.24, 2.45) is 0 Å². The molecule has 0 bridgehead atoms. The Morgan fingerprint density at radius 2 is 1.26 bits per heavy atom. The monoisotopic (exact) mass is 364 g/mol. The number of hydrogen-bond donors (Lipinski definition) is 1. The summed E-state index contributed by atoms with van der Waals surface area (Å²) < 4.78 is 0. The number of aliphatic hydroxyl groups excluding tert-OH is 1. The lowest BCUT2D eigenvalue weighted by atomic mass is 9.92. The first-order valence-corrected chi connectivity index (χ1v) is 10.6. The van der Waals surface area contributed by atoms with Gasteiger partial charge in [-0.2, -0.15) is 0 Å². The lowest BCUT2D eigenvalue weighted by molar-refractivity contribution is 0.00258. The zero-order valence-corrected chi connectivity index (χ0v) is 16.2. The molecule has 1 N–H and O–H groups in total. The first-order valence-electron chi connectivity index (χ1n) is 10.6. The Kier molecular flexibility index (Phi) is 6.23. The summed E-state index contributed by atoms with van der Waals surface area (Å²) in [5, 5.41) is 11.2. The summed E-state index contributed by atoms with van der Waals surface area (Å²) in [5.41, 5.74) is 2.21. The van der Waals surface area contributed by atoms with Crippen LogP contribution in [0.2, 0.25) is 0 Å². The lowest BCUT2D eigenvalue weighted by Gasteiger charge is -2.44. The second-order valence-corrected chi connectivity index (χ2v) is 8.07. The normalized spacial score (nSPS) is 22.4. The largest absolute Gasteiger partial charge is 0.386 e. The average Bonchev–Trinajstić information content (AvgIpc) is 2.76. The van der Waals surface area contributed by atoms with Gasteiger partial charge < -0.3 is 5.11 Å². The molecule has 3 nitrogen and oxygen atoms in total. The molecule has 2 aromatic rings. The smallest absolute Gasteiger partial charge is 0.0986 e. The van der Waals surface area contributed by atoms with Crippen LogP contribution in [-0.2, 0) is 0 Å². The molecule has 27 heavy (non-hydrogen) atoms. The van der Waals surface area contributed by atoms with Crippen LogP contribution in [0.15, 0.2) is 60.7 Å². The summed E-state index contributed by atoms with van der Waals surface area (Å²) in [6, 6.07) is 21.5. The van der Waals surface area contributed by atoms with E-state index >= 15 is 0 Å². The fourth-order valence-electron chi connectivity index (χ4n) is 4.90. The minimum atomic E-state index is -0.505. The minimum absolute atomic E-state index is 0.0158. The van der Waals surface area contributed by atoms with Crippen LogP contribution in [0, 0.1) is 0 Å². The van der Waals surface area contributed by atoms with Gasteiger partial charge in [-0.15, -0.1) is 0 Å². The first kappa shape index (κ1) is 18.7. The molecule has 2 aliphatic rings. The van der Waals surface area contributed by atoms with Crippen LogP contribution in [0.25, 0.3) is 0 Å². The number of hydrogen-bond acceptors (Lipinski definition) is 3. The van der Waals surface area contributed by atoms with Gasteiger partial charge in [-0.05, 0) is 24.0 Å². The van der Waals surface area contributed by atoms with Crippen molar-refractivity contribution in [3.63, 3.8) is 0 Å². The molecule has 0 aromatic heterocycles. The highest BCUT2D eigenvalue weighted by Crippen LogP contribution is 2.35. The third-order valence-corrected chi connectivity index (χ3v) is 6.41. The molecule has 1 aliphatic heterocycles. The molecule has 2 fully saturated rings. The van der Waals surface area contributed by atoms with E-state index in [1.807, 2.05) is 30.3 Å². The Hall–Kier alpha value is -1.68. The summed E-state index contributed by atoms with van der Waals surface area (Å²) >= 11 is 0. The Bertz CT molecular complexity index is 676. The fraction of sp³-hybridized carbons (Fsp3) is 0.500. The van der Waals surface area contributed by atoms with Gasteiger partial charge in [0.25, 0.3) is 0 Å². The van der Waals surface area contributed by atoms with Gasteiger partial charge in [0.2, 0.25) is 0 Å². The van der Waals surface area contributed by atoms with E-state index in [9.17, 15) is 5.11 Å². The summed E-state index contributed by atoms with van der Waals surface area (Å²) in [7, 11) is 0. The summed E-state index contributed by atoms with van der Waals surface area (Å²) in [6.45, 7) is 4.30. The molecule has 1 saturated carbocycles. The topological polar surface area (TPSA) is 26.7 Å². The van der Waals surface area contributed by atoms with E-state index in [0.717, 1.165) is 37.8 Å². The SMILES string of the molecule is OC(c1ccccc1)C(c1ccccc1)N1CCN(C2CCCCC2)CC1. The number of piperazine rings is 1. The van der Waals surface area contributed by atoms with E-state index in [1.54, 1.807) is 0 Å². The average molecular weight is 365 g/mol. The summed E-state index contributed by atoms with van der Waals surface area (Å²) in [6.07, 6.45) is 6.43. The Labute approximate surface area is 163 Å². The van der Waals surface area contributed by atoms with Gasteiger partial charge in [0.15, 0.2) is 0 Å². The van der Waals surface area contributed by atoms with Crippen molar-refractivity contribution in [3.05, 3.63) is 71.8 Å². The molecule has 2 atom stereocenters. The van der Waals surface area contributed by atoms with E-state index < -0.39 is 6.10 Å². The van der Waals surface area contributed by atoms with E-state index in [1.165, 1.54) is 37.7 Å². The third-order valence-electron chi connectivity index (χ3n) is 6.41. The number of aliphatic hydroxyl groups is 1. The van der Waals surface area contributed by atoms with Gasteiger partial charge in [0.1, 0.15) is 0 Å². The molecule has 1 saturated heterocycles. The maximum Gasteiger partial charge on any atom is 0.0986 e. The van der Waals surface area contributed by atoms with Crippen molar-refractivity contribution in [2.45, 2.75) is 50.3 Å². The minimum Gasteiger partial charge on any atom is -0.386 e. The third kappa shape index (κ3) is 4.43. The standard InChI is InChI=1S/C24H32N2O/c27-24(21-12-6-2-7-13-21)23(20-10-4-1-5-11-20)26-18-16-25(17-19-26)22-14-8-3-9-15-22/h1-2,4-7,10-13,22-24,27H,3,8-9,14-19H2. The maximum atomic E-state index is 11.2. The van der Waals surface area contributed by atoms with Crippen molar-refractivity contribution in [1.82, 2.24) is 9.80 Å². The highest BCUT2D eigenvalue weighted by Gasteiger charge is 2.33. The van der Waals surface area contributed by atoms with Crippen LogP contribution in [-0.4, -0.2) is 47.1 Å². The predicted molar refractivity (Wildman–Crippen MR) is 111 cm³/mol. The molecular formula is C24H32N2O. The Morgan fingerprint density at radius 3 is 1.85 bits per heavy atom. The van der Waals surface area contributed by atoms with Crippen molar-refractivity contribution in [3.8, 4) is 0 Å². The molecular weight excluding hydrogens is 332 g/mol. The molecule has 2 aromatic carbocycles. The number of nitrogens with zero attached hydrogens (tertiary/aromatic N) is 2. The highest BCUT2D eigenvalue weighted by atomic mass is 16.3. The second kappa shape index (κ2) is 9.01. The summed E-state index contributed by atoms with van der Waals surface area (Å²) in [4.78, 5) is 5.19. The van der Waals surface area contributed by atoms with Crippen LogP contribution in [0.1, 0.15) is 55.4 Å². The molecule has 144 valence electrons. The van der Waals surface area contributed by atoms with E-state index in [4.69, 9.17) is 0 Å². The van der Waals surface area contributed by atoms with Crippen molar-refractivity contribution in [2.75, 3.05) is 26.2 Å². The molecule has 1 aliphatic carbocycles. The maximum absolute atomic E-state index is 11.2. The Balaban J connectivity index is 1.50. The van der Waals surface area contributed by atoms with Crippen molar-refractivity contribution >= 4 is 0 Å². The fourth-order valence-corrected chi connectivity index (χ4v) is 4.90. The van der Waals surface area contributed by atoms with Crippen molar-refractivity contribution in [1.29, 1.82) is 0 Å². The molecule has 0 amide bonds. The zero-order chi connectivity index (χ0) is 18.5. The molecule has 3 heteroatoms. The molecule has 1 heterocycles.